The maximum Gasteiger partial charge on any atom is 0.331 e. The average Bonchev–Trinajstić information content (AvgIpc) is 3.49. The Bertz CT molecular complexity index is 2090. The van der Waals surface area contributed by atoms with Gasteiger partial charge in [-0.2, -0.15) is 0 Å². The fourth-order valence-corrected chi connectivity index (χ4v) is 7.16. The first-order valence-electron chi connectivity index (χ1n) is 17.0. The topological polar surface area (TPSA) is 76.2 Å². The highest BCUT2D eigenvalue weighted by Crippen LogP contribution is 2.43. The number of carbonyl (C=O) groups excluding carboxylic acids is 3. The molecule has 0 saturated carbocycles. The zero-order chi connectivity index (χ0) is 35.3. The van der Waals surface area contributed by atoms with E-state index in [0.717, 1.165) is 33.0 Å². The van der Waals surface area contributed by atoms with Crippen molar-refractivity contribution in [2.24, 2.45) is 0 Å². The molecule has 51 heavy (non-hydrogen) atoms. The molecule has 1 saturated heterocycles. The zero-order valence-electron chi connectivity index (χ0n) is 28.5. The summed E-state index contributed by atoms with van der Waals surface area (Å²) in [7, 11) is 1.29. The van der Waals surface area contributed by atoms with Crippen LogP contribution in [-0.2, 0) is 16.1 Å². The van der Waals surface area contributed by atoms with Gasteiger partial charge in [-0.25, -0.2) is 9.59 Å². The van der Waals surface area contributed by atoms with Gasteiger partial charge in [0.2, 0.25) is 0 Å². The number of nitrogens with zero attached hydrogens (tertiary/aromatic N) is 2. The Labute approximate surface area is 297 Å². The summed E-state index contributed by atoms with van der Waals surface area (Å²) in [5.41, 5.74) is 3.84. The van der Waals surface area contributed by atoms with Gasteiger partial charge in [-0.05, 0) is 64.2 Å². The summed E-state index contributed by atoms with van der Waals surface area (Å²) in [6.45, 7) is 2.29. The van der Waals surface area contributed by atoms with Gasteiger partial charge in [-0.3, -0.25) is 9.69 Å². The molecular formula is C44H38N2O5. The van der Waals surface area contributed by atoms with E-state index in [1.807, 2.05) is 140 Å². The van der Waals surface area contributed by atoms with Crippen LogP contribution in [0, 0.1) is 0 Å². The third-order valence-corrected chi connectivity index (χ3v) is 9.64. The molecule has 0 aliphatic carbocycles. The normalized spacial score (nSPS) is 16.3. The van der Waals surface area contributed by atoms with Crippen molar-refractivity contribution in [1.29, 1.82) is 0 Å². The van der Waals surface area contributed by atoms with Crippen LogP contribution in [0.15, 0.2) is 158 Å². The third-order valence-electron chi connectivity index (χ3n) is 9.64. The van der Waals surface area contributed by atoms with Crippen molar-refractivity contribution in [2.45, 2.75) is 37.7 Å². The predicted octanol–water partition coefficient (Wildman–Crippen LogP) is 8.80. The van der Waals surface area contributed by atoms with Gasteiger partial charge >= 0.3 is 12.0 Å². The number of hydrogen-bond donors (Lipinski definition) is 0. The molecule has 1 aliphatic heterocycles. The number of ether oxygens (including phenoxy) is 2. The maximum absolute atomic E-state index is 15.2. The molecule has 1 aliphatic rings. The molecule has 3 unspecified atom stereocenters. The van der Waals surface area contributed by atoms with Crippen LogP contribution in [0.2, 0.25) is 0 Å². The van der Waals surface area contributed by atoms with Crippen LogP contribution in [0.4, 0.5) is 4.79 Å². The van der Waals surface area contributed by atoms with Gasteiger partial charge in [0.15, 0.2) is 11.8 Å². The number of Topliss-reactive ketones (excluding diaryl/α,β-unsaturated/α-hetero) is 1. The molecule has 0 bridgehead atoms. The lowest BCUT2D eigenvalue weighted by molar-refractivity contribution is -0.146. The molecule has 7 nitrogen and oxygen atoms in total. The van der Waals surface area contributed by atoms with Crippen LogP contribution in [0.25, 0.3) is 10.8 Å². The molecule has 1 heterocycles. The summed E-state index contributed by atoms with van der Waals surface area (Å²) in [4.78, 5) is 47.2. The fourth-order valence-electron chi connectivity index (χ4n) is 7.16. The Hall–Kier alpha value is -6.21. The Morgan fingerprint density at radius 2 is 1.22 bits per heavy atom. The number of amides is 2. The summed E-state index contributed by atoms with van der Waals surface area (Å²) in [5.74, 6) is -0.449. The lowest BCUT2D eigenvalue weighted by Crippen LogP contribution is -2.49. The SMILES string of the molecule is COC(=O)C1C(C(=O)c2ccc(OCc3ccccc3)cc2)N(C(C)c2cccc3ccccc23)C(=O)N1C(c1ccccc1)c1ccccc1. The van der Waals surface area contributed by atoms with Gasteiger partial charge in [-0.15, -0.1) is 0 Å². The maximum atomic E-state index is 15.2. The van der Waals surface area contributed by atoms with Crippen molar-refractivity contribution in [2.75, 3.05) is 7.11 Å². The highest BCUT2D eigenvalue weighted by molar-refractivity contribution is 6.08. The van der Waals surface area contributed by atoms with Gasteiger partial charge in [0, 0.05) is 5.56 Å². The molecule has 6 aromatic rings. The smallest absolute Gasteiger partial charge is 0.331 e. The minimum absolute atomic E-state index is 0.349. The molecule has 6 aromatic carbocycles. The van der Waals surface area contributed by atoms with Crippen LogP contribution in [0.1, 0.15) is 51.6 Å². The first-order chi connectivity index (χ1) is 25.0. The van der Waals surface area contributed by atoms with E-state index in [0.29, 0.717) is 17.9 Å². The lowest BCUT2D eigenvalue weighted by Gasteiger charge is -2.32. The number of benzene rings is 6. The first kappa shape index (κ1) is 33.3. The summed E-state index contributed by atoms with van der Waals surface area (Å²) >= 11 is 0. The second-order valence-corrected chi connectivity index (χ2v) is 12.6. The van der Waals surface area contributed by atoms with Crippen LogP contribution < -0.4 is 4.74 Å². The molecule has 254 valence electrons. The number of urea groups is 1. The molecule has 1 fully saturated rings. The Morgan fingerprint density at radius 1 is 0.647 bits per heavy atom. The molecule has 7 heteroatoms. The number of methoxy groups -OCH3 is 1. The Kier molecular flexibility index (Phi) is 9.61. The van der Waals surface area contributed by atoms with E-state index in [4.69, 9.17) is 9.47 Å². The molecule has 3 atom stereocenters. The van der Waals surface area contributed by atoms with E-state index in [1.165, 1.54) is 12.0 Å². The highest BCUT2D eigenvalue weighted by atomic mass is 16.5. The van der Waals surface area contributed by atoms with Crippen LogP contribution >= 0.6 is 0 Å². The van der Waals surface area contributed by atoms with E-state index in [-0.39, 0.29) is 5.78 Å². The molecule has 7 rings (SSSR count). The van der Waals surface area contributed by atoms with Gasteiger partial charge in [0.1, 0.15) is 18.4 Å². The Morgan fingerprint density at radius 3 is 1.84 bits per heavy atom. The summed E-state index contributed by atoms with van der Waals surface area (Å²) in [6, 6.07) is 45.6. The standard InChI is InChI=1S/C44H38N2O5/c1-30(37-24-14-22-32-17-12-13-23-38(32)37)45-40(42(47)35-25-27-36(28-26-35)51-29-31-15-6-3-7-16-31)41(43(48)50-2)46(44(45)49)39(33-18-8-4-9-19-33)34-20-10-5-11-21-34/h3-28,30,39-41H,29H2,1-2H3. The molecule has 0 spiro atoms. The molecule has 0 radical (unpaired) electrons. The second-order valence-electron chi connectivity index (χ2n) is 12.6. The predicted molar refractivity (Wildman–Crippen MR) is 197 cm³/mol. The Balaban J connectivity index is 1.34. The molecule has 0 N–H and O–H groups in total. The number of fused-ring (bicyclic) bond motifs is 1. The van der Waals surface area contributed by atoms with Crippen molar-refractivity contribution < 1.29 is 23.9 Å². The monoisotopic (exact) mass is 674 g/mol. The van der Waals surface area contributed by atoms with Gasteiger partial charge in [-0.1, -0.05) is 133 Å². The summed E-state index contributed by atoms with van der Waals surface area (Å²) in [5, 5.41) is 1.97. The largest absolute Gasteiger partial charge is 0.489 e. The summed E-state index contributed by atoms with van der Waals surface area (Å²) < 4.78 is 11.4. The van der Waals surface area contributed by atoms with Crippen LogP contribution in [0.5, 0.6) is 5.75 Å². The third kappa shape index (κ3) is 6.58. The van der Waals surface area contributed by atoms with E-state index in [2.05, 4.69) is 0 Å². The average molecular weight is 675 g/mol. The highest BCUT2D eigenvalue weighted by Gasteiger charge is 2.57. The van der Waals surface area contributed by atoms with Crippen LogP contribution in [0.3, 0.4) is 0 Å². The van der Waals surface area contributed by atoms with Crippen molar-refractivity contribution >= 4 is 28.6 Å². The molecule has 0 aromatic heterocycles. The number of ketones is 1. The zero-order valence-corrected chi connectivity index (χ0v) is 28.5. The quantitative estimate of drug-likeness (QED) is 0.101. The van der Waals surface area contributed by atoms with E-state index in [9.17, 15) is 9.59 Å². The van der Waals surface area contributed by atoms with E-state index < -0.39 is 36.2 Å². The summed E-state index contributed by atoms with van der Waals surface area (Å²) in [6.07, 6.45) is 0. The number of carbonyl (C=O) groups is 3. The minimum atomic E-state index is -1.26. The van der Waals surface area contributed by atoms with Gasteiger partial charge in [0.25, 0.3) is 0 Å². The van der Waals surface area contributed by atoms with Crippen molar-refractivity contribution in [1.82, 2.24) is 9.80 Å². The second kappa shape index (κ2) is 14.7. The lowest BCUT2D eigenvalue weighted by atomic mass is 9.92. The van der Waals surface area contributed by atoms with Crippen LogP contribution in [-0.4, -0.2) is 46.8 Å². The number of hydrogen-bond acceptors (Lipinski definition) is 5. The van der Waals surface area contributed by atoms with E-state index >= 15 is 4.79 Å². The van der Waals surface area contributed by atoms with E-state index in [1.54, 1.807) is 29.2 Å². The fraction of sp³-hybridized carbons (Fsp3) is 0.159. The van der Waals surface area contributed by atoms with Crippen molar-refractivity contribution in [3.05, 3.63) is 186 Å². The molecular weight excluding hydrogens is 636 g/mol. The van der Waals surface area contributed by atoms with Gasteiger partial charge < -0.3 is 14.4 Å². The molecule has 2 amide bonds. The van der Waals surface area contributed by atoms with Crippen molar-refractivity contribution in [3.8, 4) is 5.75 Å². The van der Waals surface area contributed by atoms with Gasteiger partial charge in [0.05, 0.1) is 19.2 Å². The van der Waals surface area contributed by atoms with Crippen molar-refractivity contribution in [3.63, 3.8) is 0 Å². The minimum Gasteiger partial charge on any atom is -0.489 e. The number of rotatable bonds is 11. The number of esters is 1. The first-order valence-corrected chi connectivity index (χ1v) is 17.0.